The highest BCUT2D eigenvalue weighted by atomic mass is 16.5. The van der Waals surface area contributed by atoms with Crippen LogP contribution < -0.4 is 0 Å². The Morgan fingerprint density at radius 1 is 0.529 bits per heavy atom. The average Bonchev–Trinajstić information content (AvgIpc) is 3.19. The minimum atomic E-state index is -0.444. The van der Waals surface area contributed by atoms with Gasteiger partial charge >= 0.3 is 0 Å². The molecule has 4 aromatic carbocycles. The molecule has 4 rings (SSSR count). The molecule has 272 valence electrons. The molecule has 0 saturated heterocycles. The Balaban J connectivity index is 1.31. The third kappa shape index (κ3) is 13.7. The Hall–Kier alpha value is -3.71. The first kappa shape index (κ1) is 40.1. The van der Waals surface area contributed by atoms with E-state index in [0.717, 1.165) is 18.6 Å². The summed E-state index contributed by atoms with van der Waals surface area (Å²) >= 11 is 0. The summed E-state index contributed by atoms with van der Waals surface area (Å²) in [5, 5.41) is 9.76. The highest BCUT2D eigenvalue weighted by Gasteiger charge is 2.39. The molecule has 0 amide bonds. The zero-order valence-electron chi connectivity index (χ0n) is 31.5. The lowest BCUT2D eigenvalue weighted by Gasteiger charge is -2.39. The number of nitrogens with zero attached hydrogens (tertiary/aromatic N) is 1. The maximum atomic E-state index is 9.76. The highest BCUT2D eigenvalue weighted by molar-refractivity contribution is 5.50. The molecule has 1 atom stereocenters. The molecule has 0 aliphatic heterocycles. The van der Waals surface area contributed by atoms with Crippen molar-refractivity contribution in [2.45, 2.75) is 134 Å². The first-order valence-corrected chi connectivity index (χ1v) is 20.1. The highest BCUT2D eigenvalue weighted by Crippen LogP contribution is 2.43. The van der Waals surface area contributed by atoms with Crippen molar-refractivity contribution in [3.63, 3.8) is 0 Å². The van der Waals surface area contributed by atoms with Crippen molar-refractivity contribution in [2.75, 3.05) is 13.2 Å². The van der Waals surface area contributed by atoms with Gasteiger partial charge < -0.3 is 9.47 Å². The number of ether oxygens (including phenoxy) is 2. The molecule has 0 fully saturated rings. The summed E-state index contributed by atoms with van der Waals surface area (Å²) in [6.07, 6.45) is 22.3. The summed E-state index contributed by atoms with van der Waals surface area (Å²) < 4.78 is 13.2. The second-order valence-corrected chi connectivity index (χ2v) is 14.3. The van der Waals surface area contributed by atoms with Crippen LogP contribution in [-0.2, 0) is 21.5 Å². The number of unbranched alkanes of at least 4 members (excludes halogenated alkanes) is 15. The predicted octanol–water partition coefficient (Wildman–Crippen LogP) is 13.1. The number of rotatable bonds is 27. The Morgan fingerprint density at radius 3 is 1.39 bits per heavy atom. The lowest BCUT2D eigenvalue weighted by Crippen LogP contribution is -2.37. The van der Waals surface area contributed by atoms with Gasteiger partial charge in [-0.3, -0.25) is 0 Å². The fourth-order valence-corrected chi connectivity index (χ4v) is 7.46. The molecular formula is C48H63NO2. The predicted molar refractivity (Wildman–Crippen MR) is 214 cm³/mol. The maximum Gasteiger partial charge on any atom is 0.0995 e. The second kappa shape index (κ2) is 24.5. The van der Waals surface area contributed by atoms with E-state index in [2.05, 4.69) is 104 Å². The van der Waals surface area contributed by atoms with Crippen LogP contribution in [-0.4, -0.2) is 19.3 Å². The van der Waals surface area contributed by atoms with Crippen molar-refractivity contribution in [3.05, 3.63) is 143 Å². The van der Waals surface area contributed by atoms with Crippen molar-refractivity contribution >= 4 is 0 Å². The number of hydrogen-bond donors (Lipinski definition) is 0. The summed E-state index contributed by atoms with van der Waals surface area (Å²) in [6, 6.07) is 42.5. The van der Waals surface area contributed by atoms with Gasteiger partial charge in [-0.2, -0.15) is 5.26 Å². The fraction of sp³-hybridized carbons (Fsp3) is 0.479. The molecule has 0 aliphatic carbocycles. The fourth-order valence-electron chi connectivity index (χ4n) is 7.46. The second-order valence-electron chi connectivity index (χ2n) is 14.3. The van der Waals surface area contributed by atoms with Crippen LogP contribution >= 0.6 is 0 Å². The van der Waals surface area contributed by atoms with E-state index in [1.807, 2.05) is 24.3 Å². The van der Waals surface area contributed by atoms with E-state index < -0.39 is 5.41 Å². The van der Waals surface area contributed by atoms with Crippen LogP contribution in [0.3, 0.4) is 0 Å². The standard InChI is InChI=1S/C48H63NO2/c1-2-3-4-5-6-7-8-9-10-11-12-13-14-15-16-28-37-50-41-47(51-40-43-30-27-26-29-42(43)39-49)38-48(44-31-20-17-21-32-44,45-33-22-18-23-34-45)46-35-24-19-25-36-46/h17-27,29-36,47H,2-16,28,37-38,40-41H2,1H3/t47-/m1/s1. The molecule has 4 aromatic rings. The summed E-state index contributed by atoms with van der Waals surface area (Å²) in [4.78, 5) is 0. The topological polar surface area (TPSA) is 42.2 Å². The molecule has 0 unspecified atom stereocenters. The molecule has 0 aromatic heterocycles. The van der Waals surface area contributed by atoms with Crippen LogP contribution in [0.1, 0.15) is 144 Å². The van der Waals surface area contributed by atoms with Crippen LogP contribution in [0.4, 0.5) is 0 Å². The molecule has 0 bridgehead atoms. The Morgan fingerprint density at radius 2 is 0.941 bits per heavy atom. The van der Waals surface area contributed by atoms with Crippen molar-refractivity contribution in [2.24, 2.45) is 0 Å². The van der Waals surface area contributed by atoms with E-state index in [0.29, 0.717) is 25.2 Å². The lowest BCUT2D eigenvalue weighted by atomic mass is 9.66. The van der Waals surface area contributed by atoms with E-state index in [9.17, 15) is 5.26 Å². The van der Waals surface area contributed by atoms with Crippen LogP contribution in [0.15, 0.2) is 115 Å². The number of benzene rings is 4. The van der Waals surface area contributed by atoms with Gasteiger partial charge in [-0.25, -0.2) is 0 Å². The third-order valence-electron chi connectivity index (χ3n) is 10.4. The number of hydrogen-bond acceptors (Lipinski definition) is 3. The molecule has 51 heavy (non-hydrogen) atoms. The molecule has 3 nitrogen and oxygen atoms in total. The summed E-state index contributed by atoms with van der Waals surface area (Å²) in [5.74, 6) is 0. The van der Waals surface area contributed by atoms with Crippen LogP contribution in [0.2, 0.25) is 0 Å². The average molecular weight is 686 g/mol. The molecule has 0 aliphatic rings. The van der Waals surface area contributed by atoms with Crippen LogP contribution in [0, 0.1) is 11.3 Å². The van der Waals surface area contributed by atoms with Gasteiger partial charge in [0.25, 0.3) is 0 Å². The minimum Gasteiger partial charge on any atom is -0.379 e. The van der Waals surface area contributed by atoms with E-state index in [4.69, 9.17) is 9.47 Å². The molecular weight excluding hydrogens is 623 g/mol. The summed E-state index contributed by atoms with van der Waals surface area (Å²) in [5.41, 5.74) is 4.81. The van der Waals surface area contributed by atoms with E-state index in [1.54, 1.807) is 0 Å². The third-order valence-corrected chi connectivity index (χ3v) is 10.4. The van der Waals surface area contributed by atoms with Gasteiger partial charge in [0.1, 0.15) is 0 Å². The van der Waals surface area contributed by atoms with Gasteiger partial charge in [-0.1, -0.05) is 212 Å². The SMILES string of the molecule is CCCCCCCCCCCCCCCCCCOC[C@@H](CC(c1ccccc1)(c1ccccc1)c1ccccc1)OCc1ccccc1C#N. The van der Waals surface area contributed by atoms with Crippen molar-refractivity contribution in [1.82, 2.24) is 0 Å². The van der Waals surface area contributed by atoms with E-state index in [-0.39, 0.29) is 6.10 Å². The van der Waals surface area contributed by atoms with Gasteiger partial charge in [0.2, 0.25) is 0 Å². The Kier molecular flexibility index (Phi) is 19.2. The maximum absolute atomic E-state index is 9.76. The van der Waals surface area contributed by atoms with E-state index in [1.165, 1.54) is 113 Å². The van der Waals surface area contributed by atoms with Gasteiger partial charge in [0.15, 0.2) is 0 Å². The molecule has 0 N–H and O–H groups in total. The minimum absolute atomic E-state index is 0.196. The Labute approximate surface area is 310 Å². The largest absolute Gasteiger partial charge is 0.379 e. The lowest BCUT2D eigenvalue weighted by molar-refractivity contribution is -0.0351. The zero-order valence-corrected chi connectivity index (χ0v) is 31.5. The Bertz CT molecular complexity index is 1380. The van der Waals surface area contributed by atoms with Crippen LogP contribution in [0.5, 0.6) is 0 Å². The molecule has 3 heteroatoms. The van der Waals surface area contributed by atoms with Crippen molar-refractivity contribution in [3.8, 4) is 6.07 Å². The monoisotopic (exact) mass is 685 g/mol. The smallest absolute Gasteiger partial charge is 0.0995 e. The van der Waals surface area contributed by atoms with E-state index >= 15 is 0 Å². The normalized spacial score (nSPS) is 12.1. The van der Waals surface area contributed by atoms with Gasteiger partial charge in [0, 0.05) is 12.0 Å². The van der Waals surface area contributed by atoms with Gasteiger partial charge in [-0.05, 0) is 41.2 Å². The van der Waals surface area contributed by atoms with Gasteiger partial charge in [-0.15, -0.1) is 0 Å². The molecule has 0 saturated carbocycles. The summed E-state index contributed by atoms with van der Waals surface area (Å²) in [6.45, 7) is 3.90. The molecule has 0 radical (unpaired) electrons. The quantitative estimate of drug-likeness (QED) is 0.0463. The summed E-state index contributed by atoms with van der Waals surface area (Å²) in [7, 11) is 0. The van der Waals surface area contributed by atoms with Crippen LogP contribution in [0.25, 0.3) is 0 Å². The van der Waals surface area contributed by atoms with Crippen molar-refractivity contribution < 1.29 is 9.47 Å². The first-order chi connectivity index (χ1) is 25.3. The number of nitriles is 1. The molecule has 0 heterocycles. The first-order valence-electron chi connectivity index (χ1n) is 20.1. The zero-order chi connectivity index (χ0) is 35.7. The van der Waals surface area contributed by atoms with Crippen molar-refractivity contribution in [1.29, 1.82) is 5.26 Å². The molecule has 0 spiro atoms. The van der Waals surface area contributed by atoms with Gasteiger partial charge in [0.05, 0.1) is 31.0 Å².